The van der Waals surface area contributed by atoms with Crippen LogP contribution in [-0.2, 0) is 14.8 Å². The molecule has 3 aliphatic rings. The number of nitrogens with zero attached hydrogens (tertiary/aromatic N) is 4. The first-order valence-corrected chi connectivity index (χ1v) is 12.7. The number of rotatable bonds is 3. The number of carbonyl (C=O) groups excluding carboxylic acids is 2. The normalized spacial score (nSPS) is 23.3. The third-order valence-corrected chi connectivity index (χ3v) is 8.53. The predicted molar refractivity (Wildman–Crippen MR) is 117 cm³/mol. The Labute approximate surface area is 184 Å². The third kappa shape index (κ3) is 4.57. The Morgan fingerprint density at radius 1 is 0.774 bits per heavy atom. The SMILES string of the molecule is Cc1ccc(S(=O)(=O)N2CCC[C@H]2C(=O)N2CCN(C(=O)N3CCCCC3)CC2)cc1. The number of carbonyl (C=O) groups is 2. The smallest absolute Gasteiger partial charge is 0.320 e. The van der Waals surface area contributed by atoms with Crippen molar-refractivity contribution in [2.24, 2.45) is 0 Å². The fourth-order valence-corrected chi connectivity index (χ4v) is 6.39. The minimum Gasteiger partial charge on any atom is -0.338 e. The average Bonchev–Trinajstić information content (AvgIpc) is 3.30. The summed E-state index contributed by atoms with van der Waals surface area (Å²) in [7, 11) is -3.71. The number of likely N-dealkylation sites (tertiary alicyclic amines) is 1. The Morgan fingerprint density at radius 3 is 2.00 bits per heavy atom. The molecule has 31 heavy (non-hydrogen) atoms. The number of piperazine rings is 1. The van der Waals surface area contributed by atoms with Crippen LogP contribution in [-0.4, -0.2) is 91.2 Å². The lowest BCUT2D eigenvalue weighted by molar-refractivity contribution is -0.136. The van der Waals surface area contributed by atoms with Crippen LogP contribution in [0.15, 0.2) is 29.2 Å². The van der Waals surface area contributed by atoms with Gasteiger partial charge in [0.05, 0.1) is 4.90 Å². The van der Waals surface area contributed by atoms with Crippen LogP contribution in [0.3, 0.4) is 0 Å². The molecule has 3 amide bonds. The first-order valence-electron chi connectivity index (χ1n) is 11.3. The number of benzene rings is 1. The van der Waals surface area contributed by atoms with E-state index in [1.54, 1.807) is 29.2 Å². The van der Waals surface area contributed by atoms with Crippen molar-refractivity contribution in [3.8, 4) is 0 Å². The molecule has 1 aromatic rings. The zero-order valence-electron chi connectivity index (χ0n) is 18.2. The van der Waals surface area contributed by atoms with Crippen molar-refractivity contribution in [1.82, 2.24) is 19.0 Å². The highest BCUT2D eigenvalue weighted by Gasteiger charge is 2.42. The Hall–Kier alpha value is -2.13. The molecule has 0 aromatic heterocycles. The van der Waals surface area contributed by atoms with Crippen LogP contribution < -0.4 is 0 Å². The summed E-state index contributed by atoms with van der Waals surface area (Å²) in [6.45, 7) is 5.80. The number of aryl methyl sites for hydroxylation is 1. The number of sulfonamides is 1. The van der Waals surface area contributed by atoms with Gasteiger partial charge in [0, 0.05) is 45.8 Å². The standard InChI is InChI=1S/C22H32N4O4S/c1-18-7-9-19(10-8-18)31(29,30)26-13-5-6-20(26)21(27)23-14-16-25(17-15-23)22(28)24-11-3-2-4-12-24/h7-10,20H,2-6,11-17H2,1H3/t20-/m0/s1. The van der Waals surface area contributed by atoms with Gasteiger partial charge in [-0.1, -0.05) is 17.7 Å². The number of hydrogen-bond donors (Lipinski definition) is 0. The largest absolute Gasteiger partial charge is 0.338 e. The third-order valence-electron chi connectivity index (χ3n) is 6.60. The molecule has 1 atom stereocenters. The Kier molecular flexibility index (Phi) is 6.52. The van der Waals surface area contributed by atoms with Crippen LogP contribution in [0, 0.1) is 6.92 Å². The van der Waals surface area contributed by atoms with E-state index in [1.165, 1.54) is 10.7 Å². The van der Waals surface area contributed by atoms with E-state index in [2.05, 4.69) is 0 Å². The first kappa shape index (κ1) is 22.1. The van der Waals surface area contributed by atoms with Crippen LogP contribution in [0.4, 0.5) is 4.79 Å². The summed E-state index contributed by atoms with van der Waals surface area (Å²) in [5, 5.41) is 0. The summed E-state index contributed by atoms with van der Waals surface area (Å²) in [5.74, 6) is -0.141. The number of piperidine rings is 1. The van der Waals surface area contributed by atoms with Crippen molar-refractivity contribution in [1.29, 1.82) is 0 Å². The van der Waals surface area contributed by atoms with Crippen molar-refractivity contribution >= 4 is 22.0 Å². The van der Waals surface area contributed by atoms with E-state index in [-0.39, 0.29) is 16.8 Å². The van der Waals surface area contributed by atoms with Gasteiger partial charge in [-0.25, -0.2) is 13.2 Å². The fraction of sp³-hybridized carbons (Fsp3) is 0.636. The van der Waals surface area contributed by atoms with Gasteiger partial charge in [0.1, 0.15) is 6.04 Å². The van der Waals surface area contributed by atoms with Gasteiger partial charge in [-0.3, -0.25) is 4.79 Å². The molecule has 0 N–H and O–H groups in total. The van der Waals surface area contributed by atoms with Crippen LogP contribution in [0.25, 0.3) is 0 Å². The minimum absolute atomic E-state index is 0.0660. The molecular formula is C22H32N4O4S. The van der Waals surface area contributed by atoms with Crippen molar-refractivity contribution < 1.29 is 18.0 Å². The second-order valence-corrected chi connectivity index (χ2v) is 10.6. The molecule has 0 spiro atoms. The van der Waals surface area contributed by atoms with Gasteiger partial charge in [-0.2, -0.15) is 4.31 Å². The molecule has 170 valence electrons. The zero-order valence-corrected chi connectivity index (χ0v) is 19.0. The summed E-state index contributed by atoms with van der Waals surface area (Å²) < 4.78 is 27.7. The van der Waals surface area contributed by atoms with Gasteiger partial charge < -0.3 is 14.7 Å². The average molecular weight is 449 g/mol. The first-order chi connectivity index (χ1) is 14.9. The second-order valence-electron chi connectivity index (χ2n) is 8.73. The summed E-state index contributed by atoms with van der Waals surface area (Å²) in [6.07, 6.45) is 4.50. The quantitative estimate of drug-likeness (QED) is 0.707. The molecule has 0 unspecified atom stereocenters. The molecule has 0 radical (unpaired) electrons. The topological polar surface area (TPSA) is 81.2 Å². The maximum Gasteiger partial charge on any atom is 0.320 e. The van der Waals surface area contributed by atoms with Crippen LogP contribution in [0.5, 0.6) is 0 Å². The van der Waals surface area contributed by atoms with Crippen LogP contribution in [0.2, 0.25) is 0 Å². The van der Waals surface area contributed by atoms with E-state index in [9.17, 15) is 18.0 Å². The molecule has 3 heterocycles. The van der Waals surface area contributed by atoms with E-state index < -0.39 is 16.1 Å². The van der Waals surface area contributed by atoms with E-state index in [1.807, 2.05) is 16.7 Å². The summed E-state index contributed by atoms with van der Waals surface area (Å²) in [4.78, 5) is 31.6. The lowest BCUT2D eigenvalue weighted by atomic mass is 10.1. The van der Waals surface area contributed by atoms with Gasteiger partial charge in [0.15, 0.2) is 0 Å². The van der Waals surface area contributed by atoms with Crippen molar-refractivity contribution in [2.45, 2.75) is 50.0 Å². The molecule has 4 rings (SSSR count). The molecule has 0 saturated carbocycles. The van der Waals surface area contributed by atoms with E-state index in [4.69, 9.17) is 0 Å². The van der Waals surface area contributed by atoms with Crippen molar-refractivity contribution in [2.75, 3.05) is 45.8 Å². The summed E-state index contributed by atoms with van der Waals surface area (Å²) in [5.41, 5.74) is 0.991. The Balaban J connectivity index is 1.39. The highest BCUT2D eigenvalue weighted by Crippen LogP contribution is 2.28. The fourth-order valence-electron chi connectivity index (χ4n) is 4.73. The number of urea groups is 1. The van der Waals surface area contributed by atoms with E-state index >= 15 is 0 Å². The van der Waals surface area contributed by atoms with Gasteiger partial charge in [0.25, 0.3) is 0 Å². The summed E-state index contributed by atoms with van der Waals surface area (Å²) in [6, 6.07) is 6.17. The van der Waals surface area contributed by atoms with E-state index in [0.29, 0.717) is 45.6 Å². The van der Waals surface area contributed by atoms with Gasteiger partial charge in [-0.05, 0) is 51.2 Å². The highest BCUT2D eigenvalue weighted by atomic mass is 32.2. The summed E-state index contributed by atoms with van der Waals surface area (Å²) >= 11 is 0. The van der Waals surface area contributed by atoms with Gasteiger partial charge in [-0.15, -0.1) is 0 Å². The molecule has 3 saturated heterocycles. The molecule has 9 heteroatoms. The Morgan fingerprint density at radius 2 is 1.35 bits per heavy atom. The second kappa shape index (κ2) is 9.16. The van der Waals surface area contributed by atoms with Crippen LogP contribution in [0.1, 0.15) is 37.7 Å². The molecule has 3 fully saturated rings. The monoisotopic (exact) mass is 448 g/mol. The molecule has 0 aliphatic carbocycles. The maximum atomic E-state index is 13.2. The molecule has 1 aromatic carbocycles. The van der Waals surface area contributed by atoms with Crippen molar-refractivity contribution in [3.05, 3.63) is 29.8 Å². The van der Waals surface area contributed by atoms with Crippen molar-refractivity contribution in [3.63, 3.8) is 0 Å². The molecule has 0 bridgehead atoms. The molecule has 8 nitrogen and oxygen atoms in total. The lowest BCUT2D eigenvalue weighted by Crippen LogP contribution is -2.57. The molecular weight excluding hydrogens is 416 g/mol. The van der Waals surface area contributed by atoms with E-state index in [0.717, 1.165) is 31.5 Å². The highest BCUT2D eigenvalue weighted by molar-refractivity contribution is 7.89. The maximum absolute atomic E-state index is 13.2. The number of hydrogen-bond acceptors (Lipinski definition) is 4. The minimum atomic E-state index is -3.71. The van der Waals surface area contributed by atoms with Crippen LogP contribution >= 0.6 is 0 Å². The Bertz CT molecular complexity index is 904. The van der Waals surface area contributed by atoms with Gasteiger partial charge >= 0.3 is 6.03 Å². The van der Waals surface area contributed by atoms with Gasteiger partial charge in [0.2, 0.25) is 15.9 Å². The number of amides is 3. The lowest BCUT2D eigenvalue weighted by Gasteiger charge is -2.39. The predicted octanol–water partition coefficient (Wildman–Crippen LogP) is 1.90. The molecule has 3 aliphatic heterocycles. The zero-order chi connectivity index (χ0) is 22.0.